The highest BCUT2D eigenvalue weighted by Crippen LogP contribution is 2.28. The van der Waals surface area contributed by atoms with E-state index in [1.807, 2.05) is 6.07 Å². The fourth-order valence-electron chi connectivity index (χ4n) is 1.78. The first kappa shape index (κ1) is 16.9. The lowest BCUT2D eigenvalue weighted by Gasteiger charge is -2.14. The Bertz CT molecular complexity index is 779. The van der Waals surface area contributed by atoms with Crippen LogP contribution < -0.4 is 4.72 Å². The van der Waals surface area contributed by atoms with Gasteiger partial charge < -0.3 is 4.74 Å². The lowest BCUT2D eigenvalue weighted by atomic mass is 10.2. The van der Waals surface area contributed by atoms with Gasteiger partial charge in [-0.1, -0.05) is 11.6 Å². The number of benzene rings is 1. The van der Waals surface area contributed by atoms with Crippen molar-refractivity contribution in [2.45, 2.75) is 11.0 Å². The van der Waals surface area contributed by atoms with Crippen LogP contribution in [0.25, 0.3) is 0 Å². The number of nitrogens with zero attached hydrogens (tertiary/aromatic N) is 1. The lowest BCUT2D eigenvalue weighted by Crippen LogP contribution is -2.29. The molecule has 0 fully saturated rings. The van der Waals surface area contributed by atoms with Gasteiger partial charge in [-0.25, -0.2) is 13.1 Å². The number of methoxy groups -OCH3 is 1. The second kappa shape index (κ2) is 7.22. The van der Waals surface area contributed by atoms with Gasteiger partial charge in [-0.15, -0.1) is 11.3 Å². The van der Waals surface area contributed by atoms with E-state index in [9.17, 15) is 8.42 Å². The number of nitriles is 1. The molecule has 1 unspecified atom stereocenters. The van der Waals surface area contributed by atoms with Crippen LogP contribution in [0.4, 0.5) is 0 Å². The van der Waals surface area contributed by atoms with E-state index in [4.69, 9.17) is 21.6 Å². The molecule has 0 aliphatic rings. The molecule has 5 nitrogen and oxygen atoms in total. The maximum Gasteiger partial charge on any atom is 0.240 e. The Morgan fingerprint density at radius 2 is 2.00 bits per heavy atom. The fourth-order valence-corrected chi connectivity index (χ4v) is 3.95. The van der Waals surface area contributed by atoms with Crippen molar-refractivity contribution in [2.75, 3.05) is 13.7 Å². The minimum Gasteiger partial charge on any atom is -0.375 e. The van der Waals surface area contributed by atoms with Crippen molar-refractivity contribution < 1.29 is 13.2 Å². The first-order valence-electron chi connectivity index (χ1n) is 6.24. The second-order valence-electron chi connectivity index (χ2n) is 4.35. The minimum absolute atomic E-state index is 0.0929. The first-order chi connectivity index (χ1) is 10.5. The smallest absolute Gasteiger partial charge is 0.240 e. The van der Waals surface area contributed by atoms with Crippen LogP contribution >= 0.6 is 22.9 Å². The molecule has 2 aromatic rings. The van der Waals surface area contributed by atoms with Gasteiger partial charge in [0.15, 0.2) is 0 Å². The number of halogens is 1. The maximum atomic E-state index is 12.2. The maximum absolute atomic E-state index is 12.2. The van der Waals surface area contributed by atoms with Crippen LogP contribution in [0.2, 0.25) is 4.34 Å². The zero-order valence-electron chi connectivity index (χ0n) is 11.6. The number of ether oxygens (including phenoxy) is 1. The fraction of sp³-hybridized carbons (Fsp3) is 0.214. The topological polar surface area (TPSA) is 79.2 Å². The van der Waals surface area contributed by atoms with Gasteiger partial charge in [0.2, 0.25) is 10.0 Å². The molecular formula is C14H13ClN2O3S2. The SMILES string of the molecule is COC(CNS(=O)(=O)c1ccc(C#N)cc1)c1ccc(Cl)s1. The van der Waals surface area contributed by atoms with E-state index in [1.54, 1.807) is 12.1 Å². The van der Waals surface area contributed by atoms with Crippen molar-refractivity contribution in [1.82, 2.24) is 4.72 Å². The summed E-state index contributed by atoms with van der Waals surface area (Å²) in [7, 11) is -2.15. The Morgan fingerprint density at radius 3 is 2.50 bits per heavy atom. The summed E-state index contributed by atoms with van der Waals surface area (Å²) in [5.74, 6) is 0. The van der Waals surface area contributed by atoms with Gasteiger partial charge in [0.25, 0.3) is 0 Å². The van der Waals surface area contributed by atoms with Crippen molar-refractivity contribution in [3.63, 3.8) is 0 Å². The molecule has 0 aliphatic heterocycles. The number of rotatable bonds is 6. The molecule has 0 amide bonds. The molecule has 1 aromatic carbocycles. The van der Waals surface area contributed by atoms with Crippen LogP contribution in [-0.4, -0.2) is 22.1 Å². The summed E-state index contributed by atoms with van der Waals surface area (Å²) in [5, 5.41) is 8.73. The van der Waals surface area contributed by atoms with Crippen molar-refractivity contribution in [3.8, 4) is 6.07 Å². The van der Waals surface area contributed by atoms with Gasteiger partial charge in [0.05, 0.1) is 20.9 Å². The lowest BCUT2D eigenvalue weighted by molar-refractivity contribution is 0.110. The van der Waals surface area contributed by atoms with Crippen LogP contribution in [-0.2, 0) is 14.8 Å². The molecule has 0 radical (unpaired) electrons. The summed E-state index contributed by atoms with van der Waals surface area (Å²) < 4.78 is 32.8. The molecule has 2 rings (SSSR count). The van der Waals surface area contributed by atoms with E-state index < -0.39 is 16.1 Å². The largest absolute Gasteiger partial charge is 0.375 e. The minimum atomic E-state index is -3.66. The number of thiophene rings is 1. The highest BCUT2D eigenvalue weighted by Gasteiger charge is 2.19. The predicted molar refractivity (Wildman–Crippen MR) is 85.4 cm³/mol. The Kier molecular flexibility index (Phi) is 5.56. The van der Waals surface area contributed by atoms with Crippen LogP contribution in [0.15, 0.2) is 41.3 Å². The zero-order valence-corrected chi connectivity index (χ0v) is 14.0. The number of sulfonamides is 1. The third-order valence-electron chi connectivity index (χ3n) is 2.95. The summed E-state index contributed by atoms with van der Waals surface area (Å²) in [6, 6.07) is 11.2. The summed E-state index contributed by atoms with van der Waals surface area (Å²) in [6.45, 7) is 0.0929. The van der Waals surface area contributed by atoms with E-state index in [1.165, 1.54) is 42.7 Å². The van der Waals surface area contributed by atoms with Crippen LogP contribution in [0.5, 0.6) is 0 Å². The quantitative estimate of drug-likeness (QED) is 0.863. The standard InChI is InChI=1S/C14H13ClN2O3S2/c1-20-12(13-6-7-14(15)21-13)9-17-22(18,19)11-4-2-10(8-16)3-5-11/h2-7,12,17H,9H2,1H3. The summed E-state index contributed by atoms with van der Waals surface area (Å²) in [5.41, 5.74) is 0.405. The molecule has 0 saturated heterocycles. The van der Waals surface area contributed by atoms with Gasteiger partial charge in [0, 0.05) is 18.5 Å². The average molecular weight is 357 g/mol. The Morgan fingerprint density at radius 1 is 1.32 bits per heavy atom. The van der Waals surface area contributed by atoms with Crippen molar-refractivity contribution >= 4 is 33.0 Å². The Labute approximate surface area is 138 Å². The van der Waals surface area contributed by atoms with Crippen molar-refractivity contribution in [1.29, 1.82) is 5.26 Å². The highest BCUT2D eigenvalue weighted by molar-refractivity contribution is 7.89. The number of nitrogens with one attached hydrogen (secondary N) is 1. The number of hydrogen-bond donors (Lipinski definition) is 1. The Hall–Kier alpha value is -1.43. The molecule has 116 valence electrons. The molecule has 1 atom stereocenters. The third kappa shape index (κ3) is 4.06. The molecule has 0 spiro atoms. The molecule has 8 heteroatoms. The average Bonchev–Trinajstić information content (AvgIpc) is 2.94. The van der Waals surface area contributed by atoms with Crippen molar-refractivity contribution in [3.05, 3.63) is 51.2 Å². The molecule has 1 heterocycles. The van der Waals surface area contributed by atoms with E-state index in [-0.39, 0.29) is 11.4 Å². The van der Waals surface area contributed by atoms with Crippen LogP contribution in [0.3, 0.4) is 0 Å². The summed E-state index contributed by atoms with van der Waals surface area (Å²) in [4.78, 5) is 0.945. The number of hydrogen-bond acceptors (Lipinski definition) is 5. The van der Waals surface area contributed by atoms with E-state index >= 15 is 0 Å². The second-order valence-corrected chi connectivity index (χ2v) is 7.87. The molecule has 22 heavy (non-hydrogen) atoms. The molecule has 0 aliphatic carbocycles. The van der Waals surface area contributed by atoms with E-state index in [0.29, 0.717) is 9.90 Å². The third-order valence-corrected chi connectivity index (χ3v) is 5.71. The van der Waals surface area contributed by atoms with Gasteiger partial charge in [-0.05, 0) is 36.4 Å². The molecule has 1 N–H and O–H groups in total. The van der Waals surface area contributed by atoms with Gasteiger partial charge in [-0.3, -0.25) is 0 Å². The molecule has 0 saturated carbocycles. The van der Waals surface area contributed by atoms with Crippen molar-refractivity contribution in [2.24, 2.45) is 0 Å². The molecule has 1 aromatic heterocycles. The monoisotopic (exact) mass is 356 g/mol. The van der Waals surface area contributed by atoms with Crippen LogP contribution in [0.1, 0.15) is 16.5 Å². The van der Waals surface area contributed by atoms with Gasteiger partial charge in [0.1, 0.15) is 6.10 Å². The van der Waals surface area contributed by atoms with E-state index in [0.717, 1.165) is 4.88 Å². The normalized spacial score (nSPS) is 12.8. The zero-order chi connectivity index (χ0) is 16.2. The highest BCUT2D eigenvalue weighted by atomic mass is 35.5. The van der Waals surface area contributed by atoms with Crippen LogP contribution in [0, 0.1) is 11.3 Å². The summed E-state index contributed by atoms with van der Waals surface area (Å²) >= 11 is 7.22. The van der Waals surface area contributed by atoms with Gasteiger partial charge in [-0.2, -0.15) is 5.26 Å². The predicted octanol–water partition coefficient (Wildman–Crippen LogP) is 2.94. The Balaban J connectivity index is 2.09. The van der Waals surface area contributed by atoms with Gasteiger partial charge >= 0.3 is 0 Å². The summed E-state index contributed by atoms with van der Waals surface area (Å²) in [6.07, 6.45) is -0.411. The first-order valence-corrected chi connectivity index (χ1v) is 8.92. The van der Waals surface area contributed by atoms with E-state index in [2.05, 4.69) is 4.72 Å². The molecular weight excluding hydrogens is 344 g/mol. The molecule has 0 bridgehead atoms.